The molecule has 1 N–H and O–H groups in total. The maximum Gasteiger partial charge on any atom is 0.256 e. The van der Waals surface area contributed by atoms with Gasteiger partial charge in [-0.15, -0.1) is 0 Å². The fourth-order valence-electron chi connectivity index (χ4n) is 5.50. The highest BCUT2D eigenvalue weighted by molar-refractivity contribution is 6.16. The van der Waals surface area contributed by atoms with Gasteiger partial charge in [0.1, 0.15) is 28.6 Å². The fraction of sp³-hybridized carbons (Fsp3) is 0.345. The maximum absolute atomic E-state index is 15.5. The largest absolute Gasteiger partial charge is 0.380 e. The van der Waals surface area contributed by atoms with Gasteiger partial charge in [-0.3, -0.25) is 19.5 Å². The minimum absolute atomic E-state index is 0.0455. The summed E-state index contributed by atoms with van der Waals surface area (Å²) < 4.78 is 29.8. The second-order valence-electron chi connectivity index (χ2n) is 10.9. The molecule has 0 unspecified atom stereocenters. The maximum atomic E-state index is 15.5. The van der Waals surface area contributed by atoms with E-state index in [0.717, 1.165) is 5.39 Å². The third-order valence-electron chi connectivity index (χ3n) is 8.12. The Morgan fingerprint density at radius 2 is 1.70 bits per heavy atom. The highest BCUT2D eigenvalue weighted by Crippen LogP contribution is 2.47. The van der Waals surface area contributed by atoms with Crippen molar-refractivity contribution in [2.75, 3.05) is 19.6 Å². The molecule has 6 nitrogen and oxygen atoms in total. The Labute approximate surface area is 212 Å². The van der Waals surface area contributed by atoms with Crippen molar-refractivity contribution >= 4 is 28.4 Å². The van der Waals surface area contributed by atoms with Crippen LogP contribution in [0.4, 0.5) is 8.78 Å². The zero-order chi connectivity index (χ0) is 25.5. The van der Waals surface area contributed by atoms with Crippen molar-refractivity contribution < 1.29 is 23.5 Å². The van der Waals surface area contributed by atoms with Gasteiger partial charge in [0, 0.05) is 30.9 Å². The topological polar surface area (TPSA) is 73.2 Å². The molecular formula is C29H25F2N3O3. The third kappa shape index (κ3) is 3.57. The normalized spacial score (nSPS) is 21.4. The van der Waals surface area contributed by atoms with E-state index in [1.54, 1.807) is 34.1 Å². The standard InChI is InChI=1S/C29H25F2N3O3/c30-23-3-1-2-18-4-5-19(12-22(18)23)20-6-7-21(24(31)13-20)25-32-28(8-9-28)26(35)34(25)16-17-14-33(15-17)27(36)29(37)10-11-29/h1-7,12-13,17,37H,8-11,14-16H2. The summed E-state index contributed by atoms with van der Waals surface area (Å²) >= 11 is 0. The molecule has 3 fully saturated rings. The number of hydrogen-bond donors (Lipinski definition) is 1. The van der Waals surface area contributed by atoms with E-state index in [9.17, 15) is 19.1 Å². The number of hydrogen-bond acceptors (Lipinski definition) is 4. The molecule has 188 valence electrons. The van der Waals surface area contributed by atoms with Gasteiger partial charge in [-0.2, -0.15) is 0 Å². The molecule has 8 heteroatoms. The van der Waals surface area contributed by atoms with Crippen LogP contribution in [0.15, 0.2) is 59.6 Å². The summed E-state index contributed by atoms with van der Waals surface area (Å²) in [7, 11) is 0. The van der Waals surface area contributed by atoms with Crippen molar-refractivity contribution in [2.45, 2.75) is 36.8 Å². The number of amides is 2. The van der Waals surface area contributed by atoms with Crippen LogP contribution in [0.25, 0.3) is 21.9 Å². The lowest BCUT2D eigenvalue weighted by atomic mass is 9.97. The highest BCUT2D eigenvalue weighted by Gasteiger charge is 2.58. The summed E-state index contributed by atoms with van der Waals surface area (Å²) in [6.45, 7) is 1.28. The van der Waals surface area contributed by atoms with Crippen LogP contribution in [0, 0.1) is 17.6 Å². The Balaban J connectivity index is 1.14. The van der Waals surface area contributed by atoms with Crippen molar-refractivity contribution in [3.05, 3.63) is 71.8 Å². The van der Waals surface area contributed by atoms with E-state index in [1.165, 1.54) is 12.1 Å². The van der Waals surface area contributed by atoms with Gasteiger partial charge in [-0.05, 0) is 66.5 Å². The quantitative estimate of drug-likeness (QED) is 0.577. The summed E-state index contributed by atoms with van der Waals surface area (Å²) in [6.07, 6.45) is 2.30. The molecule has 4 aliphatic rings. The first-order valence-electron chi connectivity index (χ1n) is 12.7. The number of carbonyl (C=O) groups is 2. The number of amidine groups is 1. The second-order valence-corrected chi connectivity index (χ2v) is 10.9. The van der Waals surface area contributed by atoms with Crippen LogP contribution >= 0.6 is 0 Å². The predicted octanol–water partition coefficient (Wildman–Crippen LogP) is 3.89. The first-order chi connectivity index (χ1) is 17.8. The van der Waals surface area contributed by atoms with Crippen molar-refractivity contribution in [1.82, 2.24) is 9.80 Å². The zero-order valence-electron chi connectivity index (χ0n) is 20.1. The number of nitrogens with zero attached hydrogens (tertiary/aromatic N) is 3. The molecule has 2 heterocycles. The number of aliphatic hydroxyl groups is 1. The van der Waals surface area contributed by atoms with E-state index in [0.29, 0.717) is 67.7 Å². The van der Waals surface area contributed by atoms with Crippen molar-refractivity contribution in [3.8, 4) is 11.1 Å². The number of carbonyl (C=O) groups excluding carboxylic acids is 2. The smallest absolute Gasteiger partial charge is 0.256 e. The van der Waals surface area contributed by atoms with Gasteiger partial charge in [-0.25, -0.2) is 8.78 Å². The highest BCUT2D eigenvalue weighted by atomic mass is 19.1. The van der Waals surface area contributed by atoms with Gasteiger partial charge in [0.2, 0.25) is 0 Å². The van der Waals surface area contributed by atoms with Gasteiger partial charge in [0.15, 0.2) is 0 Å². The van der Waals surface area contributed by atoms with Crippen LogP contribution in [0.1, 0.15) is 31.2 Å². The number of fused-ring (bicyclic) bond motifs is 1. The summed E-state index contributed by atoms with van der Waals surface area (Å²) in [4.78, 5) is 33.4. The van der Waals surface area contributed by atoms with E-state index in [4.69, 9.17) is 0 Å². The van der Waals surface area contributed by atoms with Crippen LogP contribution in [-0.2, 0) is 9.59 Å². The van der Waals surface area contributed by atoms with E-state index < -0.39 is 17.0 Å². The lowest BCUT2D eigenvalue weighted by Crippen LogP contribution is -2.57. The van der Waals surface area contributed by atoms with Crippen molar-refractivity contribution in [3.63, 3.8) is 0 Å². The molecule has 7 rings (SSSR count). The molecule has 2 aliphatic heterocycles. The summed E-state index contributed by atoms with van der Waals surface area (Å²) in [5, 5.41) is 11.3. The lowest BCUT2D eigenvalue weighted by molar-refractivity contribution is -0.149. The van der Waals surface area contributed by atoms with Crippen LogP contribution in [0.2, 0.25) is 0 Å². The third-order valence-corrected chi connectivity index (χ3v) is 8.12. The minimum atomic E-state index is -1.19. The predicted molar refractivity (Wildman–Crippen MR) is 134 cm³/mol. The summed E-state index contributed by atoms with van der Waals surface area (Å²) in [5.74, 6) is -0.795. The number of likely N-dealkylation sites (tertiary alicyclic amines) is 1. The average Bonchev–Trinajstić information content (AvgIpc) is 3.78. The monoisotopic (exact) mass is 501 g/mol. The molecule has 1 saturated heterocycles. The SMILES string of the molecule is O=C(N1CC(CN2C(=O)C3(CC3)N=C2c2ccc(-c3ccc4cccc(F)c4c3)cc2F)C1)C1(O)CC1. The average molecular weight is 502 g/mol. The Morgan fingerprint density at radius 3 is 2.41 bits per heavy atom. The van der Waals surface area contributed by atoms with Gasteiger partial charge in [0.05, 0.1) is 5.56 Å². The van der Waals surface area contributed by atoms with Crippen LogP contribution in [0.3, 0.4) is 0 Å². The number of halogens is 2. The summed E-state index contributed by atoms with van der Waals surface area (Å²) in [6, 6.07) is 15.0. The van der Waals surface area contributed by atoms with Gasteiger partial charge in [-0.1, -0.05) is 30.3 Å². The van der Waals surface area contributed by atoms with Gasteiger partial charge >= 0.3 is 0 Å². The van der Waals surface area contributed by atoms with Gasteiger partial charge in [0.25, 0.3) is 11.8 Å². The Bertz CT molecular complexity index is 1520. The van der Waals surface area contributed by atoms with Crippen LogP contribution in [0.5, 0.6) is 0 Å². The van der Waals surface area contributed by atoms with Crippen LogP contribution in [-0.4, -0.2) is 63.3 Å². The fourth-order valence-corrected chi connectivity index (χ4v) is 5.50. The van der Waals surface area contributed by atoms with Crippen molar-refractivity contribution in [2.24, 2.45) is 10.9 Å². The summed E-state index contributed by atoms with van der Waals surface area (Å²) in [5.41, 5.74) is -0.415. The molecule has 1 spiro atoms. The molecule has 0 bridgehead atoms. The molecule has 0 radical (unpaired) electrons. The first-order valence-corrected chi connectivity index (χ1v) is 12.7. The molecule has 37 heavy (non-hydrogen) atoms. The molecule has 0 atom stereocenters. The molecule has 0 aromatic heterocycles. The molecular weight excluding hydrogens is 476 g/mol. The molecule has 2 aliphatic carbocycles. The van der Waals surface area contributed by atoms with Crippen LogP contribution < -0.4 is 0 Å². The van der Waals surface area contributed by atoms with E-state index in [-0.39, 0.29) is 29.1 Å². The lowest BCUT2D eigenvalue weighted by Gasteiger charge is -2.42. The molecule has 3 aromatic rings. The number of benzene rings is 3. The van der Waals surface area contributed by atoms with Gasteiger partial charge < -0.3 is 10.0 Å². The zero-order valence-corrected chi connectivity index (χ0v) is 20.1. The minimum Gasteiger partial charge on any atom is -0.380 e. The van der Waals surface area contributed by atoms with E-state index in [1.807, 2.05) is 18.2 Å². The Hall–Kier alpha value is -3.65. The Kier molecular flexibility index (Phi) is 4.68. The molecule has 3 aromatic carbocycles. The Morgan fingerprint density at radius 1 is 0.973 bits per heavy atom. The number of aliphatic imine (C=N–C) groups is 1. The van der Waals surface area contributed by atoms with E-state index >= 15 is 4.39 Å². The second kappa shape index (κ2) is 7.68. The van der Waals surface area contributed by atoms with E-state index in [2.05, 4.69) is 4.99 Å². The molecule has 2 saturated carbocycles. The van der Waals surface area contributed by atoms with Crippen molar-refractivity contribution in [1.29, 1.82) is 0 Å². The molecule has 2 amide bonds. The number of rotatable bonds is 5. The first kappa shape index (κ1) is 22.5.